The van der Waals surface area contributed by atoms with Crippen LogP contribution in [0.4, 0.5) is 0 Å². The van der Waals surface area contributed by atoms with Gasteiger partial charge in [0.05, 0.1) is 13.0 Å². The number of ether oxygens (including phenoxy) is 1. The number of benzene rings is 1. The first-order valence-corrected chi connectivity index (χ1v) is 8.14. The van der Waals surface area contributed by atoms with Gasteiger partial charge in [-0.2, -0.15) is 0 Å². The molecule has 4 nitrogen and oxygen atoms in total. The lowest BCUT2D eigenvalue weighted by Crippen LogP contribution is -2.53. The number of nitrogens with two attached hydrogens (primary N) is 1. The minimum Gasteiger partial charge on any atom is -0.496 e. The molecule has 0 spiro atoms. The van der Waals surface area contributed by atoms with Gasteiger partial charge in [0.1, 0.15) is 5.75 Å². The van der Waals surface area contributed by atoms with Crippen LogP contribution in [-0.4, -0.2) is 25.1 Å². The van der Waals surface area contributed by atoms with Gasteiger partial charge in [0, 0.05) is 12.1 Å². The Morgan fingerprint density at radius 1 is 1.43 bits per heavy atom. The molecule has 1 amide bonds. The van der Waals surface area contributed by atoms with Crippen molar-refractivity contribution in [3.8, 4) is 5.75 Å². The Morgan fingerprint density at radius 2 is 2.17 bits per heavy atom. The molecular weight excluding hydrogens is 312 g/mol. The maximum atomic E-state index is 12.4. The van der Waals surface area contributed by atoms with Gasteiger partial charge in [-0.15, -0.1) is 12.4 Å². The maximum absolute atomic E-state index is 12.4. The van der Waals surface area contributed by atoms with E-state index in [0.717, 1.165) is 43.4 Å². The van der Waals surface area contributed by atoms with Gasteiger partial charge in [-0.3, -0.25) is 4.79 Å². The van der Waals surface area contributed by atoms with E-state index in [9.17, 15) is 4.79 Å². The third-order valence-corrected chi connectivity index (χ3v) is 4.76. The second-order valence-corrected chi connectivity index (χ2v) is 6.65. The molecule has 1 aliphatic rings. The number of hydrogen-bond donors (Lipinski definition) is 2. The first-order valence-electron chi connectivity index (χ1n) is 8.14. The maximum Gasteiger partial charge on any atom is 0.224 e. The molecule has 2 atom stereocenters. The molecule has 5 heteroatoms. The van der Waals surface area contributed by atoms with Crippen LogP contribution in [0, 0.1) is 12.8 Å². The van der Waals surface area contributed by atoms with Crippen LogP contribution >= 0.6 is 12.4 Å². The van der Waals surface area contributed by atoms with E-state index < -0.39 is 0 Å². The van der Waals surface area contributed by atoms with E-state index in [1.54, 1.807) is 7.11 Å². The lowest BCUT2D eigenvalue weighted by Gasteiger charge is -2.37. The molecule has 1 aromatic rings. The van der Waals surface area contributed by atoms with E-state index in [1.165, 1.54) is 5.56 Å². The minimum absolute atomic E-state index is 0. The van der Waals surface area contributed by atoms with E-state index in [1.807, 2.05) is 26.0 Å². The second kappa shape index (κ2) is 8.55. The van der Waals surface area contributed by atoms with Gasteiger partial charge in [-0.05, 0) is 50.3 Å². The highest BCUT2D eigenvalue weighted by Gasteiger charge is 2.37. The molecule has 2 rings (SSSR count). The molecule has 130 valence electrons. The van der Waals surface area contributed by atoms with Crippen molar-refractivity contribution in [3.63, 3.8) is 0 Å². The molecule has 23 heavy (non-hydrogen) atoms. The Labute approximate surface area is 145 Å². The number of nitrogens with one attached hydrogen (secondary N) is 1. The summed E-state index contributed by atoms with van der Waals surface area (Å²) in [5, 5.41) is 3.05. The van der Waals surface area contributed by atoms with Gasteiger partial charge in [0.15, 0.2) is 0 Å². The Kier molecular flexibility index (Phi) is 7.36. The molecule has 0 saturated heterocycles. The van der Waals surface area contributed by atoms with Gasteiger partial charge in [0.2, 0.25) is 5.91 Å². The van der Waals surface area contributed by atoms with Crippen LogP contribution in [0.5, 0.6) is 5.75 Å². The predicted molar refractivity (Wildman–Crippen MR) is 96.2 cm³/mol. The van der Waals surface area contributed by atoms with Gasteiger partial charge in [-0.1, -0.05) is 25.0 Å². The SMILES string of the molecule is COc1cc(CCNC(=O)C2CCCCC2(C)N)ccc1C.Cl. The summed E-state index contributed by atoms with van der Waals surface area (Å²) in [6.45, 7) is 4.66. The van der Waals surface area contributed by atoms with E-state index in [4.69, 9.17) is 10.5 Å². The summed E-state index contributed by atoms with van der Waals surface area (Å²) in [5.74, 6) is 0.934. The number of amides is 1. The van der Waals surface area contributed by atoms with E-state index in [-0.39, 0.29) is 29.8 Å². The second-order valence-electron chi connectivity index (χ2n) is 6.65. The molecule has 1 fully saturated rings. The minimum atomic E-state index is -0.366. The largest absolute Gasteiger partial charge is 0.496 e. The number of aryl methyl sites for hydroxylation is 1. The van der Waals surface area contributed by atoms with Crippen molar-refractivity contribution in [1.82, 2.24) is 5.32 Å². The van der Waals surface area contributed by atoms with Crippen LogP contribution in [0.1, 0.15) is 43.7 Å². The van der Waals surface area contributed by atoms with Crippen LogP contribution < -0.4 is 15.8 Å². The van der Waals surface area contributed by atoms with Crippen LogP contribution in [-0.2, 0) is 11.2 Å². The van der Waals surface area contributed by atoms with Crippen molar-refractivity contribution in [2.45, 2.75) is 51.5 Å². The number of carbonyl (C=O) groups is 1. The molecule has 0 aliphatic heterocycles. The normalized spacial score (nSPS) is 23.7. The van der Waals surface area contributed by atoms with Crippen molar-refractivity contribution in [1.29, 1.82) is 0 Å². The predicted octanol–water partition coefficient (Wildman–Crippen LogP) is 2.99. The molecule has 0 heterocycles. The fourth-order valence-corrected chi connectivity index (χ4v) is 3.26. The van der Waals surface area contributed by atoms with Gasteiger partial charge < -0.3 is 15.8 Å². The summed E-state index contributed by atoms with van der Waals surface area (Å²) < 4.78 is 5.33. The number of carbonyl (C=O) groups excluding carboxylic acids is 1. The van der Waals surface area contributed by atoms with Crippen LogP contribution in [0.25, 0.3) is 0 Å². The summed E-state index contributed by atoms with van der Waals surface area (Å²) >= 11 is 0. The highest BCUT2D eigenvalue weighted by molar-refractivity contribution is 5.85. The third kappa shape index (κ3) is 5.11. The summed E-state index contributed by atoms with van der Waals surface area (Å²) in [6.07, 6.45) is 4.85. The number of hydrogen-bond acceptors (Lipinski definition) is 3. The molecule has 0 bridgehead atoms. The molecule has 1 aliphatic carbocycles. The highest BCUT2D eigenvalue weighted by atomic mass is 35.5. The fourth-order valence-electron chi connectivity index (χ4n) is 3.26. The van der Waals surface area contributed by atoms with Crippen LogP contribution in [0.15, 0.2) is 18.2 Å². The standard InChI is InChI=1S/C18H28N2O2.ClH/c1-13-7-8-14(12-16(13)22-3)9-11-20-17(21)15-6-4-5-10-18(15,2)19;/h7-8,12,15H,4-6,9-11,19H2,1-3H3,(H,20,21);1H. The van der Waals surface area contributed by atoms with E-state index >= 15 is 0 Å². The highest BCUT2D eigenvalue weighted by Crippen LogP contribution is 2.31. The smallest absolute Gasteiger partial charge is 0.224 e. The van der Waals surface area contributed by atoms with Gasteiger partial charge in [-0.25, -0.2) is 0 Å². The quantitative estimate of drug-likeness (QED) is 0.866. The first kappa shape index (κ1) is 19.8. The molecule has 0 radical (unpaired) electrons. The Morgan fingerprint density at radius 3 is 2.83 bits per heavy atom. The third-order valence-electron chi connectivity index (χ3n) is 4.76. The van der Waals surface area contributed by atoms with Crippen molar-refractivity contribution in [2.24, 2.45) is 11.7 Å². The first-order chi connectivity index (χ1) is 10.4. The fraction of sp³-hybridized carbons (Fsp3) is 0.611. The molecule has 2 unspecified atom stereocenters. The van der Waals surface area contributed by atoms with E-state index in [0.29, 0.717) is 6.54 Å². The Bertz CT molecular complexity index is 532. The zero-order chi connectivity index (χ0) is 16.2. The van der Waals surface area contributed by atoms with Crippen molar-refractivity contribution >= 4 is 18.3 Å². The summed E-state index contributed by atoms with van der Waals surface area (Å²) in [6, 6.07) is 6.17. The molecule has 0 aromatic heterocycles. The summed E-state index contributed by atoms with van der Waals surface area (Å²) in [7, 11) is 1.68. The lowest BCUT2D eigenvalue weighted by atomic mass is 9.74. The average Bonchev–Trinajstić information content (AvgIpc) is 2.48. The van der Waals surface area contributed by atoms with Gasteiger partial charge >= 0.3 is 0 Å². The topological polar surface area (TPSA) is 64.3 Å². The van der Waals surface area contributed by atoms with Crippen molar-refractivity contribution < 1.29 is 9.53 Å². The number of rotatable bonds is 5. The Hall–Kier alpha value is -1.26. The van der Waals surface area contributed by atoms with Gasteiger partial charge in [0.25, 0.3) is 0 Å². The van der Waals surface area contributed by atoms with E-state index in [2.05, 4.69) is 11.4 Å². The zero-order valence-electron chi connectivity index (χ0n) is 14.4. The van der Waals surface area contributed by atoms with Crippen molar-refractivity contribution in [2.75, 3.05) is 13.7 Å². The Balaban J connectivity index is 0.00000264. The molecule has 1 saturated carbocycles. The molecule has 3 N–H and O–H groups in total. The molecule has 1 aromatic carbocycles. The number of halogens is 1. The zero-order valence-corrected chi connectivity index (χ0v) is 15.2. The summed E-state index contributed by atoms with van der Waals surface area (Å²) in [5.41, 5.74) is 8.21. The monoisotopic (exact) mass is 340 g/mol. The molecular formula is C18H29ClN2O2. The van der Waals surface area contributed by atoms with Crippen LogP contribution in [0.2, 0.25) is 0 Å². The summed E-state index contributed by atoms with van der Waals surface area (Å²) in [4.78, 5) is 12.4. The number of methoxy groups -OCH3 is 1. The average molecular weight is 341 g/mol. The lowest BCUT2D eigenvalue weighted by molar-refractivity contribution is -0.128. The van der Waals surface area contributed by atoms with Crippen molar-refractivity contribution in [3.05, 3.63) is 29.3 Å². The van der Waals surface area contributed by atoms with Crippen LogP contribution in [0.3, 0.4) is 0 Å².